The summed E-state index contributed by atoms with van der Waals surface area (Å²) in [5.74, 6) is 0. The van der Waals surface area contributed by atoms with Gasteiger partial charge in [0.1, 0.15) is 4.34 Å². The molecule has 0 saturated heterocycles. The summed E-state index contributed by atoms with van der Waals surface area (Å²) in [6, 6.07) is 3.69. The van der Waals surface area contributed by atoms with Crippen LogP contribution in [0.15, 0.2) is 22.0 Å². The molecule has 0 aliphatic heterocycles. The molecule has 0 aliphatic carbocycles. The summed E-state index contributed by atoms with van der Waals surface area (Å²) in [4.78, 5) is 1.10. The lowest BCUT2D eigenvalue weighted by molar-refractivity contribution is 0.180. The first-order chi connectivity index (χ1) is 7.58. The number of thiophene rings is 2. The Hall–Kier alpha value is 0.420. The van der Waals surface area contributed by atoms with Gasteiger partial charge in [-0.25, -0.2) is 0 Å². The van der Waals surface area contributed by atoms with Gasteiger partial charge in [0, 0.05) is 21.3 Å². The van der Waals surface area contributed by atoms with E-state index in [0.29, 0.717) is 20.7 Å². The van der Waals surface area contributed by atoms with E-state index in [-0.39, 0.29) is 0 Å². The summed E-state index contributed by atoms with van der Waals surface area (Å²) in [5.41, 5.74) is 0.706. The molecule has 0 aromatic carbocycles. The van der Waals surface area contributed by atoms with Crippen molar-refractivity contribution in [2.75, 3.05) is 0 Å². The Labute approximate surface area is 120 Å². The van der Waals surface area contributed by atoms with E-state index < -0.39 is 6.10 Å². The van der Waals surface area contributed by atoms with Gasteiger partial charge in [-0.3, -0.25) is 0 Å². The zero-order chi connectivity index (χ0) is 11.7. The molecule has 2 aromatic heterocycles. The predicted molar refractivity (Wildman–Crippen MR) is 75.0 cm³/mol. The van der Waals surface area contributed by atoms with Crippen molar-refractivity contribution in [2.24, 2.45) is 0 Å². The molecule has 2 aromatic rings. The molecule has 0 fully saturated rings. The Morgan fingerprint density at radius 1 is 1.44 bits per heavy atom. The number of hydrogen-bond donors (Lipinski definition) is 1. The highest BCUT2D eigenvalue weighted by Crippen LogP contribution is 2.37. The standard InChI is InChI=1S/C10H7BrCl2OS2/c11-6-1-2-15-8(6)4-7(14)5-3-9(12)16-10(5)13/h1-3,7,14H,4H2. The van der Waals surface area contributed by atoms with Gasteiger partial charge in [-0.1, -0.05) is 23.2 Å². The average molecular weight is 358 g/mol. The first kappa shape index (κ1) is 12.9. The molecule has 1 nitrogen and oxygen atoms in total. The molecule has 86 valence electrons. The summed E-state index contributed by atoms with van der Waals surface area (Å²) >= 11 is 18.1. The van der Waals surface area contributed by atoms with Gasteiger partial charge in [-0.05, 0) is 33.4 Å². The van der Waals surface area contributed by atoms with E-state index in [0.717, 1.165) is 9.35 Å². The average Bonchev–Trinajstić information content (AvgIpc) is 2.74. The number of aliphatic hydroxyl groups excluding tert-OH is 1. The van der Waals surface area contributed by atoms with Crippen LogP contribution in [0.2, 0.25) is 8.67 Å². The van der Waals surface area contributed by atoms with Gasteiger partial charge in [0.25, 0.3) is 0 Å². The number of halogens is 3. The van der Waals surface area contributed by atoms with E-state index in [9.17, 15) is 5.11 Å². The first-order valence-corrected chi connectivity index (χ1v) is 7.67. The maximum absolute atomic E-state index is 10.1. The highest BCUT2D eigenvalue weighted by molar-refractivity contribution is 9.10. The summed E-state index contributed by atoms with van der Waals surface area (Å²) in [5, 5.41) is 12.0. The molecular formula is C10H7BrCl2OS2. The zero-order valence-corrected chi connectivity index (χ0v) is 12.6. The molecule has 1 N–H and O–H groups in total. The van der Waals surface area contributed by atoms with Gasteiger partial charge in [-0.2, -0.15) is 0 Å². The molecule has 0 radical (unpaired) electrons. The molecule has 6 heteroatoms. The van der Waals surface area contributed by atoms with E-state index in [2.05, 4.69) is 15.9 Å². The summed E-state index contributed by atoms with van der Waals surface area (Å²) in [6.45, 7) is 0. The lowest BCUT2D eigenvalue weighted by atomic mass is 10.1. The molecular weight excluding hydrogens is 351 g/mol. The predicted octanol–water partition coefficient (Wildman–Crippen LogP) is 5.16. The monoisotopic (exact) mass is 356 g/mol. The molecule has 1 atom stereocenters. The minimum atomic E-state index is -0.605. The van der Waals surface area contributed by atoms with Gasteiger partial charge in [-0.15, -0.1) is 22.7 Å². The van der Waals surface area contributed by atoms with Crippen molar-refractivity contribution in [3.8, 4) is 0 Å². The van der Waals surface area contributed by atoms with Crippen molar-refractivity contribution >= 4 is 61.8 Å². The Kier molecular flexibility index (Phi) is 4.32. The Bertz CT molecular complexity index is 495. The second-order valence-electron chi connectivity index (χ2n) is 3.19. The SMILES string of the molecule is OC(Cc1sccc1Br)c1cc(Cl)sc1Cl. The van der Waals surface area contributed by atoms with Gasteiger partial charge in [0.15, 0.2) is 0 Å². The van der Waals surface area contributed by atoms with Crippen LogP contribution in [0.1, 0.15) is 16.5 Å². The fraction of sp³-hybridized carbons (Fsp3) is 0.200. The van der Waals surface area contributed by atoms with E-state index in [1.165, 1.54) is 11.3 Å². The topological polar surface area (TPSA) is 20.2 Å². The number of rotatable bonds is 3. The van der Waals surface area contributed by atoms with Crippen LogP contribution in [0.25, 0.3) is 0 Å². The second-order valence-corrected chi connectivity index (χ2v) is 7.33. The van der Waals surface area contributed by atoms with Crippen molar-refractivity contribution in [1.82, 2.24) is 0 Å². The van der Waals surface area contributed by atoms with Crippen LogP contribution in [-0.2, 0) is 6.42 Å². The molecule has 2 rings (SSSR count). The summed E-state index contributed by atoms with van der Waals surface area (Å²) in [6.07, 6.45) is -0.0587. The normalized spacial score (nSPS) is 13.0. The Balaban J connectivity index is 2.17. The largest absolute Gasteiger partial charge is 0.388 e. The fourth-order valence-electron chi connectivity index (χ4n) is 1.34. The smallest absolute Gasteiger partial charge is 0.100 e. The van der Waals surface area contributed by atoms with Crippen LogP contribution in [-0.4, -0.2) is 5.11 Å². The zero-order valence-electron chi connectivity index (χ0n) is 7.91. The third-order valence-electron chi connectivity index (χ3n) is 2.11. The van der Waals surface area contributed by atoms with Crippen LogP contribution in [0, 0.1) is 0 Å². The Morgan fingerprint density at radius 3 is 2.69 bits per heavy atom. The van der Waals surface area contributed by atoms with Crippen molar-refractivity contribution in [1.29, 1.82) is 0 Å². The molecule has 0 saturated carbocycles. The lowest BCUT2D eigenvalue weighted by Crippen LogP contribution is -1.99. The lowest BCUT2D eigenvalue weighted by Gasteiger charge is -2.08. The van der Waals surface area contributed by atoms with E-state index in [4.69, 9.17) is 23.2 Å². The third-order valence-corrected chi connectivity index (χ3v) is 5.58. The van der Waals surface area contributed by atoms with Crippen LogP contribution >= 0.6 is 61.8 Å². The maximum atomic E-state index is 10.1. The van der Waals surface area contributed by atoms with Gasteiger partial charge in [0.2, 0.25) is 0 Å². The molecule has 0 amide bonds. The minimum absolute atomic E-state index is 0.547. The van der Waals surface area contributed by atoms with Crippen molar-refractivity contribution < 1.29 is 5.11 Å². The number of hydrogen-bond acceptors (Lipinski definition) is 3. The third kappa shape index (κ3) is 2.81. The molecule has 0 aliphatic rings. The highest BCUT2D eigenvalue weighted by atomic mass is 79.9. The molecule has 2 heterocycles. The molecule has 0 bridgehead atoms. The molecule has 0 spiro atoms. The van der Waals surface area contributed by atoms with Gasteiger partial charge < -0.3 is 5.11 Å². The van der Waals surface area contributed by atoms with Gasteiger partial charge in [0.05, 0.1) is 10.4 Å². The van der Waals surface area contributed by atoms with Crippen LogP contribution in [0.3, 0.4) is 0 Å². The first-order valence-electron chi connectivity index (χ1n) is 4.42. The quantitative estimate of drug-likeness (QED) is 0.804. The fourth-order valence-corrected chi connectivity index (χ4v) is 4.46. The van der Waals surface area contributed by atoms with Crippen molar-refractivity contribution in [3.05, 3.63) is 41.1 Å². The minimum Gasteiger partial charge on any atom is -0.388 e. The van der Waals surface area contributed by atoms with Crippen molar-refractivity contribution in [3.63, 3.8) is 0 Å². The van der Waals surface area contributed by atoms with Crippen LogP contribution in [0.4, 0.5) is 0 Å². The van der Waals surface area contributed by atoms with E-state index in [1.807, 2.05) is 11.4 Å². The van der Waals surface area contributed by atoms with Crippen LogP contribution < -0.4 is 0 Å². The summed E-state index contributed by atoms with van der Waals surface area (Å²) in [7, 11) is 0. The van der Waals surface area contributed by atoms with E-state index in [1.54, 1.807) is 17.4 Å². The van der Waals surface area contributed by atoms with Crippen molar-refractivity contribution in [2.45, 2.75) is 12.5 Å². The summed E-state index contributed by atoms with van der Waals surface area (Å²) < 4.78 is 2.18. The maximum Gasteiger partial charge on any atom is 0.100 e. The molecule has 1 unspecified atom stereocenters. The van der Waals surface area contributed by atoms with E-state index >= 15 is 0 Å². The second kappa shape index (κ2) is 5.38. The molecule has 16 heavy (non-hydrogen) atoms. The Morgan fingerprint density at radius 2 is 2.19 bits per heavy atom. The highest BCUT2D eigenvalue weighted by Gasteiger charge is 2.17. The number of aliphatic hydroxyl groups is 1. The van der Waals surface area contributed by atoms with Gasteiger partial charge >= 0.3 is 0 Å². The van der Waals surface area contributed by atoms with Crippen LogP contribution in [0.5, 0.6) is 0 Å².